The molecule has 0 aromatic carbocycles. The van der Waals surface area contributed by atoms with Gasteiger partial charge in [0.05, 0.1) is 16.9 Å². The molecule has 0 spiro atoms. The van der Waals surface area contributed by atoms with Crippen LogP contribution in [-0.4, -0.2) is 51.6 Å². The van der Waals surface area contributed by atoms with Crippen LogP contribution in [0, 0.1) is 5.41 Å². The first-order chi connectivity index (χ1) is 13.5. The number of hydrogen-bond acceptors (Lipinski definition) is 4. The van der Waals surface area contributed by atoms with Gasteiger partial charge in [-0.1, -0.05) is 6.08 Å². The zero-order valence-corrected chi connectivity index (χ0v) is 17.6. The van der Waals surface area contributed by atoms with Gasteiger partial charge in [-0.05, 0) is 75.1 Å². The monoisotopic (exact) mass is 425 g/mol. The molecule has 0 bridgehead atoms. The molecule has 28 heavy (non-hydrogen) atoms. The predicted molar refractivity (Wildman–Crippen MR) is 112 cm³/mol. The fourth-order valence-corrected chi connectivity index (χ4v) is 5.41. The lowest BCUT2D eigenvalue weighted by Crippen LogP contribution is -2.48. The molecule has 1 saturated heterocycles. The van der Waals surface area contributed by atoms with E-state index in [1.165, 1.54) is 6.20 Å². The van der Waals surface area contributed by atoms with Crippen LogP contribution in [0.15, 0.2) is 23.4 Å². The maximum absolute atomic E-state index is 13.4. The third-order valence-corrected chi connectivity index (χ3v) is 7.64. The molecule has 0 aromatic heterocycles. The van der Waals surface area contributed by atoms with E-state index >= 15 is 0 Å². The molecular formula is C21H29Cl2N3O2. The van der Waals surface area contributed by atoms with Crippen molar-refractivity contribution >= 4 is 34.8 Å². The SMILES string of the molecule is N=C1CCC(N(C(=O)C2CCC(C3=CCCC(Cl)C3Cl)O2)C2CC2)CC1=CN. The lowest BCUT2D eigenvalue weighted by atomic mass is 9.88. The largest absolute Gasteiger partial charge is 0.404 e. The number of ether oxygens (including phenoxy) is 1. The van der Waals surface area contributed by atoms with Crippen LogP contribution in [0.5, 0.6) is 0 Å². The Labute approximate surface area is 176 Å². The first kappa shape index (κ1) is 20.2. The summed E-state index contributed by atoms with van der Waals surface area (Å²) in [5.41, 5.74) is 8.24. The molecule has 3 N–H and O–H groups in total. The molecule has 5 atom stereocenters. The minimum atomic E-state index is -0.405. The van der Waals surface area contributed by atoms with Crippen molar-refractivity contribution in [3.63, 3.8) is 0 Å². The van der Waals surface area contributed by atoms with Crippen LogP contribution in [0.2, 0.25) is 0 Å². The summed E-state index contributed by atoms with van der Waals surface area (Å²) in [6.45, 7) is 0. The van der Waals surface area contributed by atoms with Gasteiger partial charge >= 0.3 is 0 Å². The van der Waals surface area contributed by atoms with Crippen LogP contribution in [-0.2, 0) is 9.53 Å². The van der Waals surface area contributed by atoms with Crippen molar-refractivity contribution in [2.45, 2.75) is 92.8 Å². The highest BCUT2D eigenvalue weighted by atomic mass is 35.5. The van der Waals surface area contributed by atoms with Gasteiger partial charge in [0.25, 0.3) is 5.91 Å². The van der Waals surface area contributed by atoms with Crippen LogP contribution in [0.3, 0.4) is 0 Å². The second kappa shape index (κ2) is 8.37. The number of hydrogen-bond donors (Lipinski definition) is 2. The number of carbonyl (C=O) groups excluding carboxylic acids is 1. The number of alkyl halides is 2. The van der Waals surface area contributed by atoms with E-state index in [9.17, 15) is 4.79 Å². The predicted octanol–water partition coefficient (Wildman–Crippen LogP) is 3.87. The van der Waals surface area contributed by atoms with Crippen molar-refractivity contribution < 1.29 is 9.53 Å². The van der Waals surface area contributed by atoms with Crippen LogP contribution in [0.25, 0.3) is 0 Å². The molecule has 5 nitrogen and oxygen atoms in total. The van der Waals surface area contributed by atoms with E-state index in [4.69, 9.17) is 39.1 Å². The summed E-state index contributed by atoms with van der Waals surface area (Å²) >= 11 is 12.9. The normalized spacial score (nSPS) is 37.8. The summed E-state index contributed by atoms with van der Waals surface area (Å²) in [6, 6.07) is 0.432. The van der Waals surface area contributed by atoms with E-state index in [-0.39, 0.29) is 28.8 Å². The molecule has 154 valence electrons. The van der Waals surface area contributed by atoms with E-state index in [1.54, 1.807) is 0 Å². The standard InChI is InChI=1S/C21H29Cl2N3O2/c22-16-3-1-2-15(20(16)23)18-8-9-19(28-18)21(27)26(13-4-5-13)14-6-7-17(25)12(10-14)11-24/h2,11,13-14,16,18-20,25H,1,3-10,24H2. The molecule has 4 aliphatic rings. The highest BCUT2D eigenvalue weighted by Gasteiger charge is 2.45. The van der Waals surface area contributed by atoms with Gasteiger partial charge in [-0.25, -0.2) is 0 Å². The van der Waals surface area contributed by atoms with Gasteiger partial charge in [0.1, 0.15) is 6.10 Å². The number of rotatable bonds is 4. The Morgan fingerprint density at radius 3 is 2.68 bits per heavy atom. The zero-order chi connectivity index (χ0) is 19.8. The molecule has 3 fully saturated rings. The maximum Gasteiger partial charge on any atom is 0.252 e. The van der Waals surface area contributed by atoms with Gasteiger partial charge in [-0.3, -0.25) is 4.79 Å². The molecule has 2 saturated carbocycles. The first-order valence-electron chi connectivity index (χ1n) is 10.4. The minimum absolute atomic E-state index is 0.0676. The van der Waals surface area contributed by atoms with Crippen LogP contribution >= 0.6 is 23.2 Å². The maximum atomic E-state index is 13.4. The zero-order valence-electron chi connectivity index (χ0n) is 16.1. The molecule has 1 aliphatic heterocycles. The number of halogens is 2. The summed E-state index contributed by atoms with van der Waals surface area (Å²) in [6.07, 6.45) is 10.8. The summed E-state index contributed by atoms with van der Waals surface area (Å²) < 4.78 is 6.22. The number of allylic oxidation sites excluding steroid dienone is 1. The van der Waals surface area contributed by atoms with E-state index in [0.717, 1.165) is 56.1 Å². The third-order valence-electron chi connectivity index (χ3n) is 6.49. The average molecular weight is 426 g/mol. The van der Waals surface area contributed by atoms with Crippen LogP contribution < -0.4 is 5.73 Å². The van der Waals surface area contributed by atoms with Gasteiger partial charge in [0, 0.05) is 17.8 Å². The number of nitrogens with one attached hydrogen (secondary N) is 1. The van der Waals surface area contributed by atoms with Crippen molar-refractivity contribution in [1.82, 2.24) is 4.90 Å². The van der Waals surface area contributed by atoms with E-state index in [2.05, 4.69) is 11.0 Å². The van der Waals surface area contributed by atoms with Gasteiger partial charge in [-0.2, -0.15) is 0 Å². The Bertz CT molecular complexity index is 704. The third kappa shape index (κ3) is 3.99. The number of carbonyl (C=O) groups is 1. The number of nitrogens with two attached hydrogens (primary N) is 1. The van der Waals surface area contributed by atoms with Gasteiger partial charge in [0.15, 0.2) is 0 Å². The van der Waals surface area contributed by atoms with E-state index in [0.29, 0.717) is 24.6 Å². The summed E-state index contributed by atoms with van der Waals surface area (Å²) in [5.74, 6) is 0.102. The lowest BCUT2D eigenvalue weighted by Gasteiger charge is -2.37. The van der Waals surface area contributed by atoms with Crippen molar-refractivity contribution in [3.05, 3.63) is 23.4 Å². The summed E-state index contributed by atoms with van der Waals surface area (Å²) in [7, 11) is 0. The second-order valence-corrected chi connectivity index (χ2v) is 9.46. The molecule has 0 radical (unpaired) electrons. The Morgan fingerprint density at radius 2 is 1.96 bits per heavy atom. The van der Waals surface area contributed by atoms with Crippen molar-refractivity contribution in [2.24, 2.45) is 5.73 Å². The highest BCUT2D eigenvalue weighted by molar-refractivity contribution is 6.31. The minimum Gasteiger partial charge on any atom is -0.404 e. The molecule has 7 heteroatoms. The van der Waals surface area contributed by atoms with Gasteiger partial charge < -0.3 is 20.8 Å². The Hall–Kier alpha value is -1.04. The second-order valence-electron chi connectivity index (χ2n) is 8.43. The molecule has 5 unspecified atom stereocenters. The van der Waals surface area contributed by atoms with Crippen molar-refractivity contribution in [2.75, 3.05) is 0 Å². The van der Waals surface area contributed by atoms with Crippen molar-refractivity contribution in [3.8, 4) is 0 Å². The van der Waals surface area contributed by atoms with Gasteiger partial charge in [0.2, 0.25) is 0 Å². The Balaban J connectivity index is 1.44. The van der Waals surface area contributed by atoms with Crippen LogP contribution in [0.1, 0.15) is 57.8 Å². The molecule has 1 heterocycles. The molecular weight excluding hydrogens is 397 g/mol. The topological polar surface area (TPSA) is 79.4 Å². The molecule has 1 amide bonds. The van der Waals surface area contributed by atoms with Crippen LogP contribution in [0.4, 0.5) is 0 Å². The smallest absolute Gasteiger partial charge is 0.252 e. The fraction of sp³-hybridized carbons (Fsp3) is 0.714. The van der Waals surface area contributed by atoms with Crippen molar-refractivity contribution in [1.29, 1.82) is 5.41 Å². The Kier molecular flexibility index (Phi) is 6.05. The molecule has 3 aliphatic carbocycles. The quantitative estimate of drug-likeness (QED) is 0.529. The molecule has 4 rings (SSSR count). The first-order valence-corrected chi connectivity index (χ1v) is 11.3. The van der Waals surface area contributed by atoms with E-state index in [1.807, 2.05) is 0 Å². The van der Waals surface area contributed by atoms with Gasteiger partial charge in [-0.15, -0.1) is 23.2 Å². The highest BCUT2D eigenvalue weighted by Crippen LogP contribution is 2.39. The fourth-order valence-electron chi connectivity index (χ4n) is 4.78. The number of nitrogens with zero attached hydrogens (tertiary/aromatic N) is 1. The summed E-state index contributed by atoms with van der Waals surface area (Å²) in [4.78, 5) is 15.5. The summed E-state index contributed by atoms with van der Waals surface area (Å²) in [5, 5.41) is 7.76. The lowest BCUT2D eigenvalue weighted by molar-refractivity contribution is -0.145. The number of amides is 1. The molecule has 0 aromatic rings. The van der Waals surface area contributed by atoms with E-state index < -0.39 is 6.10 Å². The Morgan fingerprint density at radius 1 is 1.18 bits per heavy atom. The average Bonchev–Trinajstić information content (AvgIpc) is 3.40.